The summed E-state index contributed by atoms with van der Waals surface area (Å²) in [4.78, 5) is 14.5. The molecule has 3 heterocycles. The minimum Gasteiger partial charge on any atom is -0.388 e. The summed E-state index contributed by atoms with van der Waals surface area (Å²) in [6.07, 6.45) is 5.03. The molecule has 2 aliphatic heterocycles. The van der Waals surface area contributed by atoms with E-state index < -0.39 is 17.2 Å². The van der Waals surface area contributed by atoms with Crippen LogP contribution >= 0.6 is 0 Å². The van der Waals surface area contributed by atoms with Crippen LogP contribution in [0.5, 0.6) is 0 Å². The first-order chi connectivity index (χ1) is 13.9. The van der Waals surface area contributed by atoms with Gasteiger partial charge in [0.1, 0.15) is 11.6 Å². The van der Waals surface area contributed by atoms with E-state index in [1.165, 1.54) is 10.7 Å². The Morgan fingerprint density at radius 2 is 1.79 bits per heavy atom. The van der Waals surface area contributed by atoms with Gasteiger partial charge >= 0.3 is 0 Å². The zero-order chi connectivity index (χ0) is 20.2. The Balaban J connectivity index is 1.33. The Labute approximate surface area is 168 Å². The molecule has 3 aliphatic rings. The molecule has 2 saturated heterocycles. The molecular formula is C22H25F2N3O2. The van der Waals surface area contributed by atoms with Gasteiger partial charge in [0.15, 0.2) is 0 Å². The number of nitrogens with zero attached hydrogens (tertiary/aromatic N) is 3. The lowest BCUT2D eigenvalue weighted by molar-refractivity contribution is -0.0680. The van der Waals surface area contributed by atoms with Crippen LogP contribution in [-0.4, -0.2) is 37.5 Å². The standard InChI is InChI=1S/C22H25F2N3O2/c23-16-3-6-19(24)15(9-16)12-26-17-4-5-18(26)11-22(29,10-17)13-27-21(28)8-7-20(25-27)14-1-2-14/h3,6-9,14,17-18,29H,1-2,4-5,10-13H2/t17-,18-/m1/s1. The summed E-state index contributed by atoms with van der Waals surface area (Å²) in [7, 11) is 0. The molecule has 1 aliphatic carbocycles. The molecule has 1 aromatic heterocycles. The van der Waals surface area contributed by atoms with Crippen molar-refractivity contribution in [2.45, 2.75) is 75.2 Å². The summed E-state index contributed by atoms with van der Waals surface area (Å²) in [5.41, 5.74) is 0.0685. The molecule has 2 aromatic rings. The Kier molecular flexibility index (Phi) is 4.55. The van der Waals surface area contributed by atoms with Gasteiger partial charge in [0.25, 0.3) is 5.56 Å². The third kappa shape index (κ3) is 3.73. The fourth-order valence-corrected chi connectivity index (χ4v) is 5.12. The van der Waals surface area contributed by atoms with E-state index in [1.807, 2.05) is 0 Å². The largest absolute Gasteiger partial charge is 0.388 e. The second-order valence-corrected chi connectivity index (χ2v) is 8.95. The smallest absolute Gasteiger partial charge is 0.266 e. The number of halogens is 2. The summed E-state index contributed by atoms with van der Waals surface area (Å²) in [6.45, 7) is 0.520. The predicted molar refractivity (Wildman–Crippen MR) is 103 cm³/mol. The molecule has 3 fully saturated rings. The molecule has 0 spiro atoms. The van der Waals surface area contributed by atoms with Gasteiger partial charge in [0, 0.05) is 36.2 Å². The maximum atomic E-state index is 14.1. The van der Waals surface area contributed by atoms with Crippen molar-refractivity contribution in [2.75, 3.05) is 0 Å². The number of hydrogen-bond acceptors (Lipinski definition) is 4. The zero-order valence-electron chi connectivity index (χ0n) is 16.2. The monoisotopic (exact) mass is 401 g/mol. The molecule has 154 valence electrons. The lowest BCUT2D eigenvalue weighted by Crippen LogP contribution is -2.53. The van der Waals surface area contributed by atoms with Gasteiger partial charge in [-0.05, 0) is 62.8 Å². The Bertz CT molecular complexity index is 974. The van der Waals surface area contributed by atoms with E-state index in [0.29, 0.717) is 30.9 Å². The van der Waals surface area contributed by atoms with Gasteiger partial charge in [-0.2, -0.15) is 5.10 Å². The highest BCUT2D eigenvalue weighted by molar-refractivity contribution is 5.20. The summed E-state index contributed by atoms with van der Waals surface area (Å²) in [5, 5.41) is 15.8. The van der Waals surface area contributed by atoms with Crippen LogP contribution in [0.4, 0.5) is 8.78 Å². The molecular weight excluding hydrogens is 376 g/mol. The molecule has 29 heavy (non-hydrogen) atoms. The topological polar surface area (TPSA) is 58.4 Å². The number of aliphatic hydroxyl groups is 1. The molecule has 2 bridgehead atoms. The average Bonchev–Trinajstić information content (AvgIpc) is 3.48. The summed E-state index contributed by atoms with van der Waals surface area (Å²) >= 11 is 0. The lowest BCUT2D eigenvalue weighted by atomic mass is 9.85. The van der Waals surface area contributed by atoms with Gasteiger partial charge in [-0.3, -0.25) is 9.69 Å². The molecule has 0 radical (unpaired) electrons. The fraction of sp³-hybridized carbons (Fsp3) is 0.545. The highest BCUT2D eigenvalue weighted by atomic mass is 19.1. The summed E-state index contributed by atoms with van der Waals surface area (Å²) in [5.74, 6) is -0.404. The van der Waals surface area contributed by atoms with E-state index in [1.54, 1.807) is 12.1 Å². The van der Waals surface area contributed by atoms with Crippen molar-refractivity contribution in [1.82, 2.24) is 14.7 Å². The first-order valence-electron chi connectivity index (χ1n) is 10.4. The number of benzene rings is 1. The summed E-state index contributed by atoms with van der Waals surface area (Å²) in [6, 6.07) is 7.05. The van der Waals surface area contributed by atoms with Gasteiger partial charge in [-0.1, -0.05) is 0 Å². The van der Waals surface area contributed by atoms with Crippen LogP contribution in [0.1, 0.15) is 55.7 Å². The number of hydrogen-bond donors (Lipinski definition) is 1. The molecule has 5 nitrogen and oxygen atoms in total. The zero-order valence-corrected chi connectivity index (χ0v) is 16.2. The minimum atomic E-state index is -1.01. The highest BCUT2D eigenvalue weighted by Crippen LogP contribution is 2.42. The van der Waals surface area contributed by atoms with E-state index in [9.17, 15) is 18.7 Å². The second-order valence-electron chi connectivity index (χ2n) is 8.95. The van der Waals surface area contributed by atoms with Crippen LogP contribution < -0.4 is 5.56 Å². The van der Waals surface area contributed by atoms with E-state index in [2.05, 4.69) is 10.00 Å². The molecule has 1 N–H and O–H groups in total. The van der Waals surface area contributed by atoms with Gasteiger partial charge < -0.3 is 5.11 Å². The van der Waals surface area contributed by atoms with E-state index >= 15 is 0 Å². The van der Waals surface area contributed by atoms with Gasteiger partial charge in [0.2, 0.25) is 0 Å². The molecule has 2 atom stereocenters. The Morgan fingerprint density at radius 1 is 1.07 bits per heavy atom. The Hall–Kier alpha value is -2.12. The maximum absolute atomic E-state index is 14.1. The molecule has 0 unspecified atom stereocenters. The second kappa shape index (κ2) is 6.99. The van der Waals surface area contributed by atoms with Gasteiger partial charge in [0.05, 0.1) is 17.8 Å². The first-order valence-corrected chi connectivity index (χ1v) is 10.4. The fourth-order valence-electron chi connectivity index (χ4n) is 5.12. The lowest BCUT2D eigenvalue weighted by Gasteiger charge is -2.43. The van der Waals surface area contributed by atoms with Crippen molar-refractivity contribution in [1.29, 1.82) is 0 Å². The number of aromatic nitrogens is 2. The van der Waals surface area contributed by atoms with Crippen molar-refractivity contribution in [3.05, 3.63) is 63.6 Å². The number of piperidine rings is 1. The highest BCUT2D eigenvalue weighted by Gasteiger charge is 2.48. The average molecular weight is 401 g/mol. The number of rotatable bonds is 5. The third-order valence-corrected chi connectivity index (χ3v) is 6.69. The van der Waals surface area contributed by atoms with Crippen molar-refractivity contribution >= 4 is 0 Å². The number of fused-ring (bicyclic) bond motifs is 2. The SMILES string of the molecule is O=c1ccc(C2CC2)nn1CC1(O)C[C@H]2CC[C@H](C1)N2Cc1cc(F)ccc1F. The van der Waals surface area contributed by atoms with Crippen LogP contribution in [-0.2, 0) is 13.1 Å². The van der Waals surface area contributed by atoms with E-state index in [-0.39, 0.29) is 24.2 Å². The molecule has 7 heteroatoms. The third-order valence-electron chi connectivity index (χ3n) is 6.69. The molecule has 1 saturated carbocycles. The van der Waals surface area contributed by atoms with Crippen molar-refractivity contribution in [2.24, 2.45) is 0 Å². The van der Waals surface area contributed by atoms with Crippen molar-refractivity contribution in [3.8, 4) is 0 Å². The van der Waals surface area contributed by atoms with Crippen LogP contribution in [0.25, 0.3) is 0 Å². The van der Waals surface area contributed by atoms with E-state index in [0.717, 1.165) is 43.5 Å². The van der Waals surface area contributed by atoms with Gasteiger partial charge in [-0.15, -0.1) is 0 Å². The maximum Gasteiger partial charge on any atom is 0.266 e. The normalized spacial score (nSPS) is 29.3. The summed E-state index contributed by atoms with van der Waals surface area (Å²) < 4.78 is 29.1. The van der Waals surface area contributed by atoms with Gasteiger partial charge in [-0.25, -0.2) is 13.5 Å². The van der Waals surface area contributed by atoms with Crippen molar-refractivity contribution in [3.63, 3.8) is 0 Å². The molecule has 5 rings (SSSR count). The van der Waals surface area contributed by atoms with Crippen LogP contribution in [0.15, 0.2) is 35.1 Å². The molecule has 1 aromatic carbocycles. The quantitative estimate of drug-likeness (QED) is 0.837. The Morgan fingerprint density at radius 3 is 2.48 bits per heavy atom. The van der Waals surface area contributed by atoms with Crippen LogP contribution in [0, 0.1) is 11.6 Å². The van der Waals surface area contributed by atoms with Crippen LogP contribution in [0.2, 0.25) is 0 Å². The van der Waals surface area contributed by atoms with E-state index in [4.69, 9.17) is 0 Å². The predicted octanol–water partition coefficient (Wildman–Crippen LogP) is 2.96. The van der Waals surface area contributed by atoms with Crippen molar-refractivity contribution < 1.29 is 13.9 Å². The molecule has 0 amide bonds. The first kappa shape index (κ1) is 18.9. The van der Waals surface area contributed by atoms with Crippen LogP contribution in [0.3, 0.4) is 0 Å². The minimum absolute atomic E-state index is 0.0868.